The molecular formula is C20H23NO6. The third kappa shape index (κ3) is 5.13. The molecule has 27 heavy (non-hydrogen) atoms. The fourth-order valence-corrected chi connectivity index (χ4v) is 2.66. The molecule has 7 heteroatoms. The highest BCUT2D eigenvalue weighted by Crippen LogP contribution is 2.34. The molecule has 0 aliphatic carbocycles. The van der Waals surface area contributed by atoms with Crippen LogP contribution in [0, 0.1) is 5.92 Å². The third-order valence-electron chi connectivity index (χ3n) is 4.13. The van der Waals surface area contributed by atoms with Gasteiger partial charge in [0.05, 0.1) is 32.8 Å². The number of aliphatic carboxylic acids is 1. The van der Waals surface area contributed by atoms with Gasteiger partial charge >= 0.3 is 5.97 Å². The van der Waals surface area contributed by atoms with Crippen LogP contribution in [-0.4, -0.2) is 44.9 Å². The number of ether oxygens (including phenoxy) is 3. The molecule has 0 aromatic heterocycles. The van der Waals surface area contributed by atoms with Gasteiger partial charge in [-0.1, -0.05) is 30.3 Å². The molecule has 0 spiro atoms. The summed E-state index contributed by atoms with van der Waals surface area (Å²) in [6.45, 7) is -0.0133. The predicted octanol–water partition coefficient (Wildman–Crippen LogP) is 2.39. The van der Waals surface area contributed by atoms with Crippen LogP contribution in [0.25, 0.3) is 0 Å². The summed E-state index contributed by atoms with van der Waals surface area (Å²) in [6.07, 6.45) is 0.319. The summed E-state index contributed by atoms with van der Waals surface area (Å²) in [6, 6.07) is 12.3. The molecule has 0 saturated heterocycles. The number of carbonyl (C=O) groups is 2. The molecule has 144 valence electrons. The lowest BCUT2D eigenvalue weighted by molar-refractivity contribution is -0.141. The van der Waals surface area contributed by atoms with E-state index in [1.807, 2.05) is 30.3 Å². The number of carbonyl (C=O) groups excluding carboxylic acids is 1. The van der Waals surface area contributed by atoms with Crippen molar-refractivity contribution in [3.05, 3.63) is 53.6 Å². The quantitative estimate of drug-likeness (QED) is 0.701. The van der Waals surface area contributed by atoms with Crippen LogP contribution >= 0.6 is 0 Å². The first-order valence-electron chi connectivity index (χ1n) is 8.35. The highest BCUT2D eigenvalue weighted by molar-refractivity contribution is 5.98. The Balaban J connectivity index is 2.14. The number of hydrogen-bond donors (Lipinski definition) is 2. The van der Waals surface area contributed by atoms with Gasteiger partial charge in [0.15, 0.2) is 11.5 Å². The van der Waals surface area contributed by atoms with Gasteiger partial charge in [-0.15, -0.1) is 0 Å². The van der Waals surface area contributed by atoms with E-state index >= 15 is 0 Å². The summed E-state index contributed by atoms with van der Waals surface area (Å²) >= 11 is 0. The monoisotopic (exact) mass is 373 g/mol. The highest BCUT2D eigenvalue weighted by atomic mass is 16.5. The second-order valence-electron chi connectivity index (χ2n) is 5.84. The topological polar surface area (TPSA) is 94.1 Å². The van der Waals surface area contributed by atoms with Crippen LogP contribution in [-0.2, 0) is 11.2 Å². The van der Waals surface area contributed by atoms with Crippen LogP contribution in [0.4, 0.5) is 0 Å². The molecule has 2 aromatic rings. The van der Waals surface area contributed by atoms with Crippen LogP contribution in [0.3, 0.4) is 0 Å². The molecule has 0 radical (unpaired) electrons. The average molecular weight is 373 g/mol. The highest BCUT2D eigenvalue weighted by Gasteiger charge is 2.22. The van der Waals surface area contributed by atoms with Gasteiger partial charge in [0.1, 0.15) is 5.75 Å². The fraction of sp³-hybridized carbons (Fsp3) is 0.300. The van der Waals surface area contributed by atoms with E-state index in [1.54, 1.807) is 6.07 Å². The number of carboxylic acids is 1. The van der Waals surface area contributed by atoms with Crippen LogP contribution in [0.15, 0.2) is 42.5 Å². The number of nitrogens with one attached hydrogen (secondary N) is 1. The van der Waals surface area contributed by atoms with Crippen molar-refractivity contribution >= 4 is 11.9 Å². The van der Waals surface area contributed by atoms with Crippen LogP contribution in [0.5, 0.6) is 17.2 Å². The molecule has 0 fully saturated rings. The van der Waals surface area contributed by atoms with E-state index in [2.05, 4.69) is 5.32 Å². The molecular weight excluding hydrogens is 350 g/mol. The fourth-order valence-electron chi connectivity index (χ4n) is 2.66. The summed E-state index contributed by atoms with van der Waals surface area (Å²) in [7, 11) is 4.39. The Morgan fingerprint density at radius 3 is 2.11 bits per heavy atom. The second kappa shape index (κ2) is 9.47. The van der Waals surface area contributed by atoms with E-state index in [0.29, 0.717) is 23.7 Å². The van der Waals surface area contributed by atoms with Crippen molar-refractivity contribution < 1.29 is 28.9 Å². The Labute approximate surface area is 157 Å². The summed E-state index contributed by atoms with van der Waals surface area (Å²) in [5.74, 6) is -1.06. The van der Waals surface area contributed by atoms with E-state index in [0.717, 1.165) is 5.56 Å². The molecule has 1 unspecified atom stereocenters. The van der Waals surface area contributed by atoms with E-state index < -0.39 is 17.8 Å². The second-order valence-corrected chi connectivity index (χ2v) is 5.84. The van der Waals surface area contributed by atoms with E-state index in [9.17, 15) is 14.7 Å². The van der Waals surface area contributed by atoms with Crippen LogP contribution < -0.4 is 19.5 Å². The SMILES string of the molecule is COc1cc(OC)c(C(=O)NCC(Cc2ccccc2)C(=O)O)cc1OC. The molecule has 0 saturated carbocycles. The standard InChI is InChI=1S/C20H23NO6/c1-25-16-11-18(27-3)17(26-2)10-15(16)19(22)21-12-14(20(23)24)9-13-7-5-4-6-8-13/h4-8,10-11,14H,9,12H2,1-3H3,(H,21,22)(H,23,24). The third-order valence-corrected chi connectivity index (χ3v) is 4.13. The molecule has 1 atom stereocenters. The number of methoxy groups -OCH3 is 3. The zero-order valence-corrected chi connectivity index (χ0v) is 15.5. The van der Waals surface area contributed by atoms with Crippen molar-refractivity contribution in [2.24, 2.45) is 5.92 Å². The maximum atomic E-state index is 12.6. The van der Waals surface area contributed by atoms with Gasteiger partial charge < -0.3 is 24.6 Å². The van der Waals surface area contributed by atoms with Gasteiger partial charge in [0.2, 0.25) is 0 Å². The number of benzene rings is 2. The smallest absolute Gasteiger partial charge is 0.308 e. The molecule has 7 nitrogen and oxygen atoms in total. The number of amides is 1. The van der Waals surface area contributed by atoms with Gasteiger partial charge in [-0.3, -0.25) is 9.59 Å². The molecule has 0 bridgehead atoms. The molecule has 0 aliphatic rings. The minimum absolute atomic E-state index is 0.0133. The summed E-state index contributed by atoms with van der Waals surface area (Å²) < 4.78 is 15.7. The molecule has 1 amide bonds. The van der Waals surface area contributed by atoms with Crippen molar-refractivity contribution in [3.63, 3.8) is 0 Å². The predicted molar refractivity (Wildman–Crippen MR) is 99.7 cm³/mol. The van der Waals surface area contributed by atoms with Crippen molar-refractivity contribution in [1.29, 1.82) is 0 Å². The van der Waals surface area contributed by atoms with E-state index in [1.165, 1.54) is 27.4 Å². The summed E-state index contributed by atoms with van der Waals surface area (Å²) in [4.78, 5) is 24.1. The Bertz CT molecular complexity index is 791. The lowest BCUT2D eigenvalue weighted by atomic mass is 9.99. The molecule has 2 aromatic carbocycles. The zero-order chi connectivity index (χ0) is 19.8. The first-order valence-corrected chi connectivity index (χ1v) is 8.35. The summed E-state index contributed by atoms with van der Waals surface area (Å²) in [5.41, 5.74) is 1.13. The average Bonchev–Trinajstić information content (AvgIpc) is 2.70. The minimum atomic E-state index is -0.974. The van der Waals surface area contributed by atoms with E-state index in [4.69, 9.17) is 14.2 Å². The van der Waals surface area contributed by atoms with Crippen molar-refractivity contribution in [1.82, 2.24) is 5.32 Å². The van der Waals surface area contributed by atoms with Crippen molar-refractivity contribution in [3.8, 4) is 17.2 Å². The number of carboxylic acid groups (broad SMARTS) is 1. The van der Waals surface area contributed by atoms with Crippen molar-refractivity contribution in [2.45, 2.75) is 6.42 Å². The largest absolute Gasteiger partial charge is 0.496 e. The molecule has 2 N–H and O–H groups in total. The van der Waals surface area contributed by atoms with Crippen molar-refractivity contribution in [2.75, 3.05) is 27.9 Å². The normalized spacial score (nSPS) is 11.4. The Morgan fingerprint density at radius 1 is 0.963 bits per heavy atom. The number of rotatable bonds is 9. The molecule has 0 heterocycles. The van der Waals surface area contributed by atoms with E-state index in [-0.39, 0.29) is 12.1 Å². The van der Waals surface area contributed by atoms with Gasteiger partial charge in [-0.25, -0.2) is 0 Å². The first kappa shape index (κ1) is 20.1. The summed E-state index contributed by atoms with van der Waals surface area (Å²) in [5, 5.41) is 12.1. The molecule has 2 rings (SSSR count). The zero-order valence-electron chi connectivity index (χ0n) is 15.5. The lowest BCUT2D eigenvalue weighted by Crippen LogP contribution is -2.34. The first-order chi connectivity index (χ1) is 13.0. The van der Waals surface area contributed by atoms with Gasteiger partial charge in [-0.2, -0.15) is 0 Å². The molecule has 0 aliphatic heterocycles. The van der Waals surface area contributed by atoms with Crippen LogP contribution in [0.1, 0.15) is 15.9 Å². The van der Waals surface area contributed by atoms with Crippen LogP contribution in [0.2, 0.25) is 0 Å². The Kier molecular flexibility index (Phi) is 7.05. The maximum Gasteiger partial charge on any atom is 0.308 e. The maximum absolute atomic E-state index is 12.6. The Morgan fingerprint density at radius 2 is 1.56 bits per heavy atom. The van der Waals surface area contributed by atoms with Gasteiger partial charge in [0, 0.05) is 18.7 Å². The van der Waals surface area contributed by atoms with Gasteiger partial charge in [-0.05, 0) is 12.0 Å². The lowest BCUT2D eigenvalue weighted by Gasteiger charge is -2.16. The minimum Gasteiger partial charge on any atom is -0.496 e. The van der Waals surface area contributed by atoms with Gasteiger partial charge in [0.25, 0.3) is 5.91 Å². The Hall–Kier alpha value is -3.22. The number of hydrogen-bond acceptors (Lipinski definition) is 5.